The van der Waals surface area contributed by atoms with Gasteiger partial charge in [0.15, 0.2) is 11.5 Å². The zero-order valence-corrected chi connectivity index (χ0v) is 10.9. The maximum atomic E-state index is 13.5. The zero-order chi connectivity index (χ0) is 15.7. The second-order valence-electron chi connectivity index (χ2n) is 4.49. The first kappa shape index (κ1) is 14.2. The van der Waals surface area contributed by atoms with Crippen molar-refractivity contribution < 1.29 is 17.6 Å². The van der Waals surface area contributed by atoms with Crippen LogP contribution >= 0.6 is 0 Å². The van der Waals surface area contributed by atoms with Crippen molar-refractivity contribution in [1.29, 1.82) is 0 Å². The number of alkyl halides is 3. The molecule has 22 heavy (non-hydrogen) atoms. The lowest BCUT2D eigenvalue weighted by Gasteiger charge is -2.10. The van der Waals surface area contributed by atoms with Gasteiger partial charge < -0.3 is 10.3 Å². The first-order valence-electron chi connectivity index (χ1n) is 6.19. The molecule has 0 radical (unpaired) electrons. The molecule has 0 amide bonds. The molecule has 0 saturated carbocycles. The molecule has 2 aromatic heterocycles. The number of aromatic amines is 1. The van der Waals surface area contributed by atoms with Crippen molar-refractivity contribution in [3.63, 3.8) is 0 Å². The summed E-state index contributed by atoms with van der Waals surface area (Å²) in [5.41, 5.74) is 0.0944. The average Bonchev–Trinajstić information content (AvgIpc) is 2.92. The molecular formula is C13H9F4N5. The van der Waals surface area contributed by atoms with Crippen LogP contribution in [0.2, 0.25) is 0 Å². The Hall–Kier alpha value is -2.71. The number of nitrogens with one attached hydrogen (secondary N) is 2. The van der Waals surface area contributed by atoms with Crippen LogP contribution in [0.1, 0.15) is 11.1 Å². The van der Waals surface area contributed by atoms with Gasteiger partial charge in [0.05, 0.1) is 11.9 Å². The van der Waals surface area contributed by atoms with Gasteiger partial charge in [-0.15, -0.1) is 0 Å². The van der Waals surface area contributed by atoms with E-state index in [1.807, 2.05) is 0 Å². The van der Waals surface area contributed by atoms with Crippen LogP contribution in [0.15, 0.2) is 30.9 Å². The molecule has 2 heterocycles. The molecule has 2 N–H and O–H groups in total. The van der Waals surface area contributed by atoms with Gasteiger partial charge >= 0.3 is 6.18 Å². The molecule has 114 valence electrons. The van der Waals surface area contributed by atoms with Gasteiger partial charge in [-0.25, -0.2) is 19.3 Å². The third-order valence-electron chi connectivity index (χ3n) is 3.02. The summed E-state index contributed by atoms with van der Waals surface area (Å²) >= 11 is 0. The number of halogens is 4. The second kappa shape index (κ2) is 5.24. The topological polar surface area (TPSA) is 66.5 Å². The molecule has 0 saturated heterocycles. The van der Waals surface area contributed by atoms with Crippen LogP contribution in [0.4, 0.5) is 23.4 Å². The van der Waals surface area contributed by atoms with E-state index in [1.165, 1.54) is 18.7 Å². The lowest BCUT2D eigenvalue weighted by molar-refractivity contribution is -0.140. The predicted octanol–water partition coefficient (Wildman–Crippen LogP) is 3.12. The number of hydrogen-bond acceptors (Lipinski definition) is 4. The largest absolute Gasteiger partial charge is 0.419 e. The lowest BCUT2D eigenvalue weighted by Crippen LogP contribution is -2.09. The highest BCUT2D eigenvalue weighted by atomic mass is 19.4. The minimum absolute atomic E-state index is 0.111. The summed E-state index contributed by atoms with van der Waals surface area (Å²) in [6.07, 6.45) is -1.95. The van der Waals surface area contributed by atoms with Crippen molar-refractivity contribution in [2.24, 2.45) is 0 Å². The van der Waals surface area contributed by atoms with E-state index in [9.17, 15) is 17.6 Å². The number of nitrogens with zero attached hydrogens (tertiary/aromatic N) is 3. The van der Waals surface area contributed by atoms with E-state index in [0.717, 1.165) is 12.1 Å². The molecule has 0 unspecified atom stereocenters. The second-order valence-corrected chi connectivity index (χ2v) is 4.49. The fraction of sp³-hybridized carbons (Fsp3) is 0.154. The molecule has 9 heteroatoms. The zero-order valence-electron chi connectivity index (χ0n) is 10.9. The summed E-state index contributed by atoms with van der Waals surface area (Å²) in [6.45, 7) is 0.111. The first-order chi connectivity index (χ1) is 10.4. The Balaban J connectivity index is 1.80. The number of benzene rings is 1. The Morgan fingerprint density at radius 3 is 2.68 bits per heavy atom. The number of imidazole rings is 1. The summed E-state index contributed by atoms with van der Waals surface area (Å²) in [7, 11) is 0. The molecule has 0 aliphatic heterocycles. The van der Waals surface area contributed by atoms with Crippen LogP contribution in [0.25, 0.3) is 11.2 Å². The molecule has 0 bridgehead atoms. The maximum absolute atomic E-state index is 13.5. The average molecular weight is 311 g/mol. The van der Waals surface area contributed by atoms with Crippen LogP contribution < -0.4 is 5.32 Å². The van der Waals surface area contributed by atoms with Crippen molar-refractivity contribution in [1.82, 2.24) is 19.9 Å². The number of rotatable bonds is 3. The van der Waals surface area contributed by atoms with E-state index in [1.54, 1.807) is 0 Å². The monoisotopic (exact) mass is 311 g/mol. The van der Waals surface area contributed by atoms with E-state index in [-0.39, 0.29) is 6.54 Å². The molecule has 0 spiro atoms. The Morgan fingerprint density at radius 1 is 1.14 bits per heavy atom. The third-order valence-corrected chi connectivity index (χ3v) is 3.02. The Bertz CT molecular complexity index is 812. The molecule has 0 aliphatic carbocycles. The molecule has 5 nitrogen and oxygen atoms in total. The molecule has 1 aromatic carbocycles. The van der Waals surface area contributed by atoms with Crippen molar-refractivity contribution in [2.45, 2.75) is 12.7 Å². The summed E-state index contributed by atoms with van der Waals surface area (Å²) < 4.78 is 50.9. The number of fused-ring (bicyclic) bond motifs is 1. The van der Waals surface area contributed by atoms with E-state index in [4.69, 9.17) is 0 Å². The smallest absolute Gasteiger partial charge is 0.364 e. The Kier molecular flexibility index (Phi) is 3.39. The number of aromatic nitrogens is 4. The molecule has 0 atom stereocenters. The van der Waals surface area contributed by atoms with E-state index in [0.29, 0.717) is 22.5 Å². The van der Waals surface area contributed by atoms with Crippen molar-refractivity contribution >= 4 is 17.0 Å². The van der Waals surface area contributed by atoms with Crippen LogP contribution in [0.5, 0.6) is 0 Å². The quantitative estimate of drug-likeness (QED) is 0.729. The first-order valence-corrected chi connectivity index (χ1v) is 6.19. The van der Waals surface area contributed by atoms with Crippen LogP contribution in [-0.4, -0.2) is 19.9 Å². The summed E-state index contributed by atoms with van der Waals surface area (Å²) in [4.78, 5) is 14.7. The molecule has 3 aromatic rings. The van der Waals surface area contributed by atoms with E-state index in [2.05, 4.69) is 25.3 Å². The standard InChI is InChI=1S/C13H9F4N5/c14-9-3-7(1-2-8(9)13(15,16)17)4-18-11-10-12(20-5-19-10)22-6-21-11/h1-3,5-6H,4H2,(H2,18,19,20,21,22). The highest BCUT2D eigenvalue weighted by Crippen LogP contribution is 2.31. The highest BCUT2D eigenvalue weighted by Gasteiger charge is 2.33. The summed E-state index contributed by atoms with van der Waals surface area (Å²) in [5, 5.41) is 2.91. The van der Waals surface area contributed by atoms with Crippen molar-refractivity contribution in [3.05, 3.63) is 47.8 Å². The number of H-pyrrole nitrogens is 1. The normalized spacial score (nSPS) is 11.8. The predicted molar refractivity (Wildman–Crippen MR) is 70.4 cm³/mol. The van der Waals surface area contributed by atoms with Crippen LogP contribution in [0, 0.1) is 5.82 Å². The van der Waals surface area contributed by atoms with Gasteiger partial charge in [0.1, 0.15) is 17.7 Å². The SMILES string of the molecule is Fc1cc(CNc2ncnc3nc[nH]c23)ccc1C(F)(F)F. The van der Waals surface area contributed by atoms with Gasteiger partial charge in [-0.3, -0.25) is 0 Å². The highest BCUT2D eigenvalue weighted by molar-refractivity contribution is 5.81. The number of anilines is 1. The van der Waals surface area contributed by atoms with E-state index < -0.39 is 17.6 Å². The molecular weight excluding hydrogens is 302 g/mol. The van der Waals surface area contributed by atoms with Gasteiger partial charge in [0.2, 0.25) is 0 Å². The fourth-order valence-electron chi connectivity index (χ4n) is 1.98. The Labute approximate surface area is 121 Å². The fourth-order valence-corrected chi connectivity index (χ4v) is 1.98. The van der Waals surface area contributed by atoms with Gasteiger partial charge in [-0.05, 0) is 17.7 Å². The molecule has 0 fully saturated rings. The lowest BCUT2D eigenvalue weighted by atomic mass is 10.1. The summed E-state index contributed by atoms with van der Waals surface area (Å²) in [5.74, 6) is -0.871. The minimum atomic E-state index is -4.70. The van der Waals surface area contributed by atoms with Crippen LogP contribution in [0.3, 0.4) is 0 Å². The van der Waals surface area contributed by atoms with Crippen molar-refractivity contribution in [3.8, 4) is 0 Å². The van der Waals surface area contributed by atoms with Gasteiger partial charge in [0, 0.05) is 6.54 Å². The molecule has 3 rings (SSSR count). The van der Waals surface area contributed by atoms with Gasteiger partial charge in [-0.1, -0.05) is 6.07 Å². The van der Waals surface area contributed by atoms with Crippen molar-refractivity contribution in [2.75, 3.05) is 5.32 Å². The molecule has 0 aliphatic rings. The summed E-state index contributed by atoms with van der Waals surface area (Å²) in [6, 6.07) is 2.78. The minimum Gasteiger partial charge on any atom is -0.364 e. The maximum Gasteiger partial charge on any atom is 0.419 e. The van der Waals surface area contributed by atoms with Gasteiger partial charge in [0.25, 0.3) is 0 Å². The van der Waals surface area contributed by atoms with Crippen LogP contribution in [-0.2, 0) is 12.7 Å². The van der Waals surface area contributed by atoms with Gasteiger partial charge in [-0.2, -0.15) is 13.2 Å². The Morgan fingerprint density at radius 2 is 1.95 bits per heavy atom. The number of hydrogen-bond donors (Lipinski definition) is 2. The van der Waals surface area contributed by atoms with E-state index >= 15 is 0 Å². The third kappa shape index (κ3) is 2.69.